The number of fused-ring (bicyclic) bond motifs is 1. The highest BCUT2D eigenvalue weighted by Crippen LogP contribution is 2.31. The molecule has 2 saturated heterocycles. The number of hydrogen-bond acceptors (Lipinski definition) is 7. The third-order valence-electron chi connectivity index (χ3n) is 6.07. The van der Waals surface area contributed by atoms with Crippen molar-refractivity contribution >= 4 is 15.9 Å². The Morgan fingerprint density at radius 1 is 1.30 bits per heavy atom. The number of β-amino-alcohol motifs (C(OH)–C–C–N with tert-alkyl or cyclic N) is 1. The Morgan fingerprint density at radius 3 is 2.77 bits per heavy atom. The lowest BCUT2D eigenvalue weighted by atomic mass is 9.92. The van der Waals surface area contributed by atoms with Crippen LogP contribution in [-0.2, 0) is 31.3 Å². The summed E-state index contributed by atoms with van der Waals surface area (Å²) < 4.78 is 41.1. The van der Waals surface area contributed by atoms with E-state index in [4.69, 9.17) is 9.47 Å². The summed E-state index contributed by atoms with van der Waals surface area (Å²) in [4.78, 5) is 16.3. The first kappa shape index (κ1) is 21.7. The van der Waals surface area contributed by atoms with Crippen LogP contribution < -0.4 is 5.32 Å². The molecule has 3 aliphatic rings. The lowest BCUT2D eigenvalue weighted by molar-refractivity contribution is -0.147. The molecule has 1 aliphatic carbocycles. The highest BCUT2D eigenvalue weighted by atomic mass is 32.2. The number of aromatic nitrogens is 2. The molecule has 0 bridgehead atoms. The first-order valence-electron chi connectivity index (χ1n) is 10.5. The molecule has 1 aromatic rings. The van der Waals surface area contributed by atoms with Crippen LogP contribution in [0.2, 0.25) is 0 Å². The van der Waals surface area contributed by atoms with Crippen molar-refractivity contribution in [3.63, 3.8) is 0 Å². The molecule has 0 aromatic carbocycles. The second-order valence-corrected chi connectivity index (χ2v) is 10.3. The molecule has 4 rings (SSSR count). The molecule has 0 radical (unpaired) electrons. The van der Waals surface area contributed by atoms with Gasteiger partial charge in [-0.15, -0.1) is 0 Å². The number of amides is 1. The molecule has 3 heterocycles. The topological polar surface area (TPSA) is 123 Å². The van der Waals surface area contributed by atoms with Gasteiger partial charge in [0.15, 0.2) is 5.03 Å². The summed E-state index contributed by atoms with van der Waals surface area (Å²) in [6.07, 6.45) is 5.70. The molecule has 30 heavy (non-hydrogen) atoms. The highest BCUT2D eigenvalue weighted by Gasteiger charge is 2.44. The number of sulfonamides is 1. The van der Waals surface area contributed by atoms with E-state index in [-0.39, 0.29) is 49.3 Å². The Hall–Kier alpha value is -1.53. The zero-order valence-electron chi connectivity index (χ0n) is 17.1. The smallest absolute Gasteiger partial charge is 0.262 e. The van der Waals surface area contributed by atoms with Crippen LogP contribution in [0.3, 0.4) is 0 Å². The molecule has 0 spiro atoms. The molecule has 1 saturated carbocycles. The summed E-state index contributed by atoms with van der Waals surface area (Å²) in [7, 11) is -2.21. The van der Waals surface area contributed by atoms with Crippen LogP contribution >= 0.6 is 0 Å². The summed E-state index contributed by atoms with van der Waals surface area (Å²) in [5.74, 6) is -0.0247. The van der Waals surface area contributed by atoms with Crippen LogP contribution in [0.1, 0.15) is 38.5 Å². The standard InChI is InChI=1S/C19H30N4O6S/c1-22-9-19(20-12-22)30(26,27)23-8-14(24)10-28-11-17-16(23)6-5-15(29-17)7-18(25)21-13-3-2-4-13/h9,12-17,24H,2-8,10-11H2,1H3,(H,21,25)/t14-,15-,16+,17-/m1/s1. The number of carbonyl (C=O) groups excluding carboxylic acids is 1. The molecule has 2 N–H and O–H groups in total. The van der Waals surface area contributed by atoms with Crippen molar-refractivity contribution in [2.75, 3.05) is 19.8 Å². The molecule has 2 aliphatic heterocycles. The number of aliphatic hydroxyl groups is 1. The maximum atomic E-state index is 13.3. The van der Waals surface area contributed by atoms with Crippen molar-refractivity contribution in [2.24, 2.45) is 7.05 Å². The van der Waals surface area contributed by atoms with Crippen LogP contribution in [-0.4, -0.2) is 83.4 Å². The summed E-state index contributed by atoms with van der Waals surface area (Å²) >= 11 is 0. The predicted molar refractivity (Wildman–Crippen MR) is 106 cm³/mol. The number of nitrogens with zero attached hydrogens (tertiary/aromatic N) is 3. The molecule has 1 aromatic heterocycles. The average molecular weight is 443 g/mol. The normalized spacial score (nSPS) is 31.3. The van der Waals surface area contributed by atoms with Gasteiger partial charge in [-0.1, -0.05) is 0 Å². The van der Waals surface area contributed by atoms with Crippen molar-refractivity contribution in [3.05, 3.63) is 12.5 Å². The van der Waals surface area contributed by atoms with Gasteiger partial charge in [-0.05, 0) is 32.1 Å². The van der Waals surface area contributed by atoms with Gasteiger partial charge >= 0.3 is 0 Å². The summed E-state index contributed by atoms with van der Waals surface area (Å²) in [5.41, 5.74) is 0. The minimum absolute atomic E-state index is 0.0215. The lowest BCUT2D eigenvalue weighted by Crippen LogP contribution is -2.57. The molecular formula is C19H30N4O6S. The Morgan fingerprint density at radius 2 is 2.10 bits per heavy atom. The zero-order chi connectivity index (χ0) is 21.3. The van der Waals surface area contributed by atoms with Gasteiger partial charge in [0.25, 0.3) is 10.0 Å². The molecule has 11 heteroatoms. The largest absolute Gasteiger partial charge is 0.389 e. The number of ether oxygens (including phenoxy) is 2. The fraction of sp³-hybridized carbons (Fsp3) is 0.789. The fourth-order valence-corrected chi connectivity index (χ4v) is 5.95. The van der Waals surface area contributed by atoms with Crippen molar-refractivity contribution < 1.29 is 27.8 Å². The summed E-state index contributed by atoms with van der Waals surface area (Å²) in [5, 5.41) is 13.2. The van der Waals surface area contributed by atoms with E-state index in [1.54, 1.807) is 11.6 Å². The number of carbonyl (C=O) groups is 1. The van der Waals surface area contributed by atoms with Gasteiger partial charge in [0.05, 0.1) is 50.3 Å². The maximum Gasteiger partial charge on any atom is 0.262 e. The molecular weight excluding hydrogens is 412 g/mol. The van der Waals surface area contributed by atoms with Gasteiger partial charge in [0.2, 0.25) is 5.91 Å². The third kappa shape index (κ3) is 4.70. The Bertz CT molecular complexity index is 855. The minimum atomic E-state index is -3.91. The quantitative estimate of drug-likeness (QED) is 0.646. The number of imidazole rings is 1. The highest BCUT2D eigenvalue weighted by molar-refractivity contribution is 7.89. The van der Waals surface area contributed by atoms with Crippen molar-refractivity contribution in [1.82, 2.24) is 19.2 Å². The Labute approximate surface area is 176 Å². The second kappa shape index (κ2) is 8.91. The van der Waals surface area contributed by atoms with E-state index >= 15 is 0 Å². The molecule has 4 atom stereocenters. The monoisotopic (exact) mass is 442 g/mol. The minimum Gasteiger partial charge on any atom is -0.389 e. The number of rotatable bonds is 5. The first-order valence-corrected chi connectivity index (χ1v) is 12.0. The summed E-state index contributed by atoms with van der Waals surface area (Å²) in [6.45, 7) is 0.0978. The van der Waals surface area contributed by atoms with Crippen LogP contribution in [0.25, 0.3) is 0 Å². The van der Waals surface area contributed by atoms with E-state index in [0.717, 1.165) is 19.3 Å². The van der Waals surface area contributed by atoms with Gasteiger partial charge in [0, 0.05) is 25.8 Å². The number of nitrogens with one attached hydrogen (secondary N) is 1. The number of aliphatic hydroxyl groups excluding tert-OH is 1. The van der Waals surface area contributed by atoms with E-state index in [0.29, 0.717) is 12.8 Å². The van der Waals surface area contributed by atoms with Crippen molar-refractivity contribution in [1.29, 1.82) is 0 Å². The van der Waals surface area contributed by atoms with Crippen LogP contribution in [0.4, 0.5) is 0 Å². The van der Waals surface area contributed by atoms with E-state index < -0.39 is 28.3 Å². The van der Waals surface area contributed by atoms with Gasteiger partial charge in [-0.3, -0.25) is 4.79 Å². The summed E-state index contributed by atoms with van der Waals surface area (Å²) in [6, 6.07) is -0.211. The van der Waals surface area contributed by atoms with Gasteiger partial charge in [-0.2, -0.15) is 4.31 Å². The molecule has 10 nitrogen and oxygen atoms in total. The van der Waals surface area contributed by atoms with Crippen LogP contribution in [0.5, 0.6) is 0 Å². The maximum absolute atomic E-state index is 13.3. The first-order chi connectivity index (χ1) is 14.3. The van der Waals surface area contributed by atoms with E-state index in [9.17, 15) is 18.3 Å². The molecule has 1 amide bonds. The van der Waals surface area contributed by atoms with Gasteiger partial charge in [0.1, 0.15) is 0 Å². The molecule has 0 unspecified atom stereocenters. The Balaban J connectivity index is 1.47. The predicted octanol–water partition coefficient (Wildman–Crippen LogP) is -0.223. The average Bonchev–Trinajstić information content (AvgIpc) is 3.09. The zero-order valence-corrected chi connectivity index (χ0v) is 18.0. The van der Waals surface area contributed by atoms with Crippen molar-refractivity contribution in [3.8, 4) is 0 Å². The molecule has 3 fully saturated rings. The fourth-order valence-electron chi connectivity index (χ4n) is 4.26. The number of hydrogen-bond donors (Lipinski definition) is 2. The second-order valence-electron chi connectivity index (χ2n) is 8.48. The van der Waals surface area contributed by atoms with E-state index in [1.165, 1.54) is 16.8 Å². The molecule has 168 valence electrons. The van der Waals surface area contributed by atoms with E-state index in [1.807, 2.05) is 0 Å². The van der Waals surface area contributed by atoms with Crippen LogP contribution in [0, 0.1) is 0 Å². The van der Waals surface area contributed by atoms with Gasteiger partial charge < -0.3 is 24.5 Å². The third-order valence-corrected chi connectivity index (χ3v) is 7.85. The van der Waals surface area contributed by atoms with Gasteiger partial charge in [-0.25, -0.2) is 13.4 Å². The lowest BCUT2D eigenvalue weighted by Gasteiger charge is -2.43. The Kier molecular flexibility index (Phi) is 6.44. The SMILES string of the molecule is Cn1cnc(S(=O)(=O)N2C[C@@H](O)COC[C@H]3O[C@@H](CC(=O)NC4CCC4)CC[C@@H]32)c1. The van der Waals surface area contributed by atoms with Crippen LogP contribution in [0.15, 0.2) is 17.6 Å². The van der Waals surface area contributed by atoms with E-state index in [2.05, 4.69) is 10.3 Å². The number of aryl methyl sites for hydroxylation is 1. The van der Waals surface area contributed by atoms with Crippen molar-refractivity contribution in [2.45, 2.75) is 73.9 Å².